The minimum Gasteiger partial charge on any atom is -0.123 e. The summed E-state index contributed by atoms with van der Waals surface area (Å²) >= 11 is 6.44. The molecule has 4 unspecified atom stereocenters. The maximum absolute atomic E-state index is 6.44. The molecule has 6 atom stereocenters. The fourth-order valence-corrected chi connectivity index (χ4v) is 6.66. The lowest BCUT2D eigenvalue weighted by Crippen LogP contribution is -2.41. The summed E-state index contributed by atoms with van der Waals surface area (Å²) in [6.07, 6.45) is 22.1. The Labute approximate surface area is 150 Å². The van der Waals surface area contributed by atoms with Gasteiger partial charge in [0, 0.05) is 5.38 Å². The molecular weight excluding hydrogens is 300 g/mol. The highest BCUT2D eigenvalue weighted by Gasteiger charge is 2.44. The molecule has 1 heteroatoms. The van der Waals surface area contributed by atoms with Gasteiger partial charge in [-0.15, -0.1) is 11.6 Å². The summed E-state index contributed by atoms with van der Waals surface area (Å²) in [6, 6.07) is 0. The molecule has 3 fully saturated rings. The minimum atomic E-state index is 0.497. The average Bonchev–Trinajstić information content (AvgIpc) is 2.57. The van der Waals surface area contributed by atoms with Crippen molar-refractivity contribution in [2.45, 2.75) is 109 Å². The van der Waals surface area contributed by atoms with Crippen molar-refractivity contribution in [2.24, 2.45) is 29.6 Å². The second-order valence-corrected chi connectivity index (χ2v) is 9.69. The van der Waals surface area contributed by atoms with E-state index in [1.165, 1.54) is 77.0 Å². The van der Waals surface area contributed by atoms with Crippen molar-refractivity contribution in [1.29, 1.82) is 0 Å². The van der Waals surface area contributed by atoms with E-state index in [0.717, 1.165) is 29.6 Å². The van der Waals surface area contributed by atoms with Crippen molar-refractivity contribution >= 4 is 11.6 Å². The Morgan fingerprint density at radius 1 is 0.696 bits per heavy atom. The molecular formula is C22H39Cl. The van der Waals surface area contributed by atoms with E-state index in [1.807, 2.05) is 0 Å². The fourth-order valence-electron chi connectivity index (χ4n) is 6.31. The quantitative estimate of drug-likeness (QED) is 0.331. The summed E-state index contributed by atoms with van der Waals surface area (Å²) in [5, 5.41) is 0.497. The van der Waals surface area contributed by atoms with Gasteiger partial charge in [-0.3, -0.25) is 0 Å². The molecule has 0 radical (unpaired) electrons. The van der Waals surface area contributed by atoms with Crippen molar-refractivity contribution in [3.05, 3.63) is 0 Å². The van der Waals surface area contributed by atoms with Gasteiger partial charge in [-0.05, 0) is 74.5 Å². The molecule has 134 valence electrons. The smallest absolute Gasteiger partial charge is 0.0338 e. The second kappa shape index (κ2) is 9.12. The van der Waals surface area contributed by atoms with Gasteiger partial charge in [0.05, 0.1) is 0 Å². The molecule has 3 aliphatic rings. The molecule has 0 bridgehead atoms. The number of unbranched alkanes of at least 4 members (excludes halogenated alkanes) is 5. The third-order valence-electron chi connectivity index (χ3n) is 7.55. The van der Waals surface area contributed by atoms with Crippen LogP contribution >= 0.6 is 11.6 Å². The first kappa shape index (κ1) is 18.1. The first-order valence-electron chi connectivity index (χ1n) is 10.9. The van der Waals surface area contributed by atoms with Crippen LogP contribution in [-0.4, -0.2) is 5.38 Å². The molecule has 3 rings (SSSR count). The number of halogens is 1. The van der Waals surface area contributed by atoms with Crippen LogP contribution in [0.25, 0.3) is 0 Å². The van der Waals surface area contributed by atoms with Gasteiger partial charge in [0.25, 0.3) is 0 Å². The van der Waals surface area contributed by atoms with Crippen molar-refractivity contribution in [3.8, 4) is 0 Å². The zero-order chi connectivity index (χ0) is 16.1. The topological polar surface area (TPSA) is 0 Å². The largest absolute Gasteiger partial charge is 0.123 e. The molecule has 0 aromatic heterocycles. The second-order valence-electron chi connectivity index (χ2n) is 9.07. The SMILES string of the molecule is CCCCCCCC[C@H]1CCC2C(CCC3C[C@@H](Cl)CCC32)C1. The van der Waals surface area contributed by atoms with Crippen molar-refractivity contribution in [3.63, 3.8) is 0 Å². The zero-order valence-corrected chi connectivity index (χ0v) is 16.2. The standard InChI is InChI=1S/C22H39Cl/c1-2-3-4-5-6-7-8-17-9-13-21-18(15-17)10-11-19-16-20(23)12-14-22(19)21/h17-22H,2-16H2,1H3/t17-,18?,19?,20-,21?,22?/m0/s1. The molecule has 0 N–H and O–H groups in total. The van der Waals surface area contributed by atoms with Gasteiger partial charge in [0.15, 0.2) is 0 Å². The van der Waals surface area contributed by atoms with Crippen LogP contribution in [0.1, 0.15) is 103 Å². The van der Waals surface area contributed by atoms with Crippen LogP contribution in [0.4, 0.5) is 0 Å². The Kier molecular flexibility index (Phi) is 7.17. The molecule has 0 saturated heterocycles. The number of hydrogen-bond acceptors (Lipinski definition) is 0. The number of hydrogen-bond donors (Lipinski definition) is 0. The van der Waals surface area contributed by atoms with E-state index in [2.05, 4.69) is 6.92 Å². The van der Waals surface area contributed by atoms with Crippen molar-refractivity contribution in [1.82, 2.24) is 0 Å². The summed E-state index contributed by atoms with van der Waals surface area (Å²) in [5.41, 5.74) is 0. The fraction of sp³-hybridized carbons (Fsp3) is 1.00. The monoisotopic (exact) mass is 338 g/mol. The maximum atomic E-state index is 6.44. The molecule has 0 spiro atoms. The number of rotatable bonds is 7. The van der Waals surface area contributed by atoms with Gasteiger partial charge in [-0.1, -0.05) is 58.3 Å². The summed E-state index contributed by atoms with van der Waals surface area (Å²) in [4.78, 5) is 0. The van der Waals surface area contributed by atoms with Gasteiger partial charge >= 0.3 is 0 Å². The number of fused-ring (bicyclic) bond motifs is 3. The summed E-state index contributed by atoms with van der Waals surface area (Å²) in [7, 11) is 0. The van der Waals surface area contributed by atoms with E-state index in [0.29, 0.717) is 5.38 Å². The molecule has 0 heterocycles. The van der Waals surface area contributed by atoms with E-state index < -0.39 is 0 Å². The van der Waals surface area contributed by atoms with Gasteiger partial charge < -0.3 is 0 Å². The zero-order valence-electron chi connectivity index (χ0n) is 15.4. The molecule has 3 saturated carbocycles. The Hall–Kier alpha value is 0.290. The molecule has 3 aliphatic carbocycles. The van der Waals surface area contributed by atoms with E-state index in [-0.39, 0.29) is 0 Å². The molecule has 0 aliphatic heterocycles. The van der Waals surface area contributed by atoms with E-state index in [4.69, 9.17) is 11.6 Å². The van der Waals surface area contributed by atoms with Gasteiger partial charge in [-0.2, -0.15) is 0 Å². The lowest BCUT2D eigenvalue weighted by atomic mass is 9.56. The third-order valence-corrected chi connectivity index (χ3v) is 7.95. The highest BCUT2D eigenvalue weighted by atomic mass is 35.5. The van der Waals surface area contributed by atoms with Crippen LogP contribution in [0.5, 0.6) is 0 Å². The van der Waals surface area contributed by atoms with Gasteiger partial charge in [0.1, 0.15) is 0 Å². The number of alkyl halides is 1. The average molecular weight is 339 g/mol. The van der Waals surface area contributed by atoms with Crippen LogP contribution in [-0.2, 0) is 0 Å². The van der Waals surface area contributed by atoms with Crippen molar-refractivity contribution in [2.75, 3.05) is 0 Å². The van der Waals surface area contributed by atoms with Crippen LogP contribution in [0.15, 0.2) is 0 Å². The van der Waals surface area contributed by atoms with E-state index in [9.17, 15) is 0 Å². The van der Waals surface area contributed by atoms with Crippen LogP contribution < -0.4 is 0 Å². The van der Waals surface area contributed by atoms with Gasteiger partial charge in [-0.25, -0.2) is 0 Å². The Morgan fingerprint density at radius 2 is 1.35 bits per heavy atom. The summed E-state index contributed by atoms with van der Waals surface area (Å²) in [6.45, 7) is 2.31. The van der Waals surface area contributed by atoms with Crippen LogP contribution in [0.3, 0.4) is 0 Å². The predicted molar refractivity (Wildman–Crippen MR) is 102 cm³/mol. The molecule has 0 nitrogen and oxygen atoms in total. The van der Waals surface area contributed by atoms with E-state index in [1.54, 1.807) is 19.3 Å². The van der Waals surface area contributed by atoms with Gasteiger partial charge in [0.2, 0.25) is 0 Å². The highest BCUT2D eigenvalue weighted by molar-refractivity contribution is 6.20. The molecule has 0 amide bonds. The maximum Gasteiger partial charge on any atom is 0.0338 e. The molecule has 0 aromatic rings. The normalized spacial score (nSPS) is 40.4. The molecule has 23 heavy (non-hydrogen) atoms. The highest BCUT2D eigenvalue weighted by Crippen LogP contribution is 2.53. The Balaban J connectivity index is 1.38. The predicted octanol–water partition coefficient (Wildman–Crippen LogP) is 7.59. The van der Waals surface area contributed by atoms with Crippen LogP contribution in [0.2, 0.25) is 0 Å². The first-order chi connectivity index (χ1) is 11.3. The van der Waals surface area contributed by atoms with E-state index >= 15 is 0 Å². The minimum absolute atomic E-state index is 0.497. The Morgan fingerprint density at radius 3 is 2.13 bits per heavy atom. The lowest BCUT2D eigenvalue weighted by molar-refractivity contribution is 0.0110. The Bertz CT molecular complexity index is 339. The van der Waals surface area contributed by atoms with Crippen LogP contribution in [0, 0.1) is 29.6 Å². The summed E-state index contributed by atoms with van der Waals surface area (Å²) in [5.74, 6) is 5.28. The van der Waals surface area contributed by atoms with Crippen molar-refractivity contribution < 1.29 is 0 Å². The lowest BCUT2D eigenvalue weighted by Gasteiger charge is -2.50. The summed E-state index contributed by atoms with van der Waals surface area (Å²) < 4.78 is 0. The molecule has 0 aromatic carbocycles. The third kappa shape index (κ3) is 4.90. The first-order valence-corrected chi connectivity index (χ1v) is 11.4.